The second kappa shape index (κ2) is 3.37. The van der Waals surface area contributed by atoms with Gasteiger partial charge < -0.3 is 15.4 Å². The zero-order valence-corrected chi connectivity index (χ0v) is 7.34. The van der Waals surface area contributed by atoms with Crippen molar-refractivity contribution in [1.82, 2.24) is 10.1 Å². The minimum absolute atomic E-state index is 0.0683. The number of nitrogens with zero attached hydrogens (tertiary/aromatic N) is 2. The largest absolute Gasteiger partial charge is 0.508 e. The molecule has 1 aromatic carbocycles. The molecule has 2 aromatic rings. The first-order valence-electron chi connectivity index (χ1n) is 4.10. The molecule has 0 saturated carbocycles. The van der Waals surface area contributed by atoms with Crippen LogP contribution in [0.3, 0.4) is 0 Å². The van der Waals surface area contributed by atoms with Gasteiger partial charge in [0, 0.05) is 6.42 Å². The summed E-state index contributed by atoms with van der Waals surface area (Å²) in [6.45, 7) is 0. The quantitative estimate of drug-likeness (QED) is 0.738. The van der Waals surface area contributed by atoms with Gasteiger partial charge in [0.2, 0.25) is 0 Å². The summed E-state index contributed by atoms with van der Waals surface area (Å²) < 4.78 is 4.63. The molecule has 72 valence electrons. The molecule has 1 aromatic heterocycles. The lowest BCUT2D eigenvalue weighted by Gasteiger charge is -1.96. The minimum atomic E-state index is 0.0683. The van der Waals surface area contributed by atoms with E-state index in [1.807, 2.05) is 0 Å². The molecule has 0 amide bonds. The second-order valence-corrected chi connectivity index (χ2v) is 2.89. The maximum absolute atomic E-state index is 9.06. The Labute approximate surface area is 80.2 Å². The predicted octanol–water partition coefficient (Wildman–Crippen LogP) is 0.948. The smallest absolute Gasteiger partial charge is 0.318 e. The number of phenolic OH excluding ortho intramolecular Hbond substituents is 1. The van der Waals surface area contributed by atoms with Crippen LogP contribution in [-0.2, 0) is 6.42 Å². The van der Waals surface area contributed by atoms with Gasteiger partial charge in [0.15, 0.2) is 5.82 Å². The first-order valence-corrected chi connectivity index (χ1v) is 4.10. The van der Waals surface area contributed by atoms with Crippen LogP contribution < -0.4 is 5.73 Å². The van der Waals surface area contributed by atoms with Crippen LogP contribution in [0.15, 0.2) is 28.8 Å². The Bertz CT molecular complexity index is 422. The Balaban J connectivity index is 2.15. The van der Waals surface area contributed by atoms with E-state index >= 15 is 0 Å². The van der Waals surface area contributed by atoms with E-state index in [0.29, 0.717) is 12.2 Å². The van der Waals surface area contributed by atoms with E-state index in [1.54, 1.807) is 24.3 Å². The molecule has 0 spiro atoms. The molecular weight excluding hydrogens is 182 g/mol. The molecule has 5 heteroatoms. The summed E-state index contributed by atoms with van der Waals surface area (Å²) >= 11 is 0. The Morgan fingerprint density at radius 2 is 2.00 bits per heavy atom. The summed E-state index contributed by atoms with van der Waals surface area (Å²) in [4.78, 5) is 3.87. The first-order chi connectivity index (χ1) is 6.74. The van der Waals surface area contributed by atoms with E-state index < -0.39 is 0 Å². The van der Waals surface area contributed by atoms with E-state index in [4.69, 9.17) is 10.8 Å². The van der Waals surface area contributed by atoms with Gasteiger partial charge in [-0.05, 0) is 17.7 Å². The van der Waals surface area contributed by atoms with E-state index in [0.717, 1.165) is 5.56 Å². The normalized spacial score (nSPS) is 10.3. The highest BCUT2D eigenvalue weighted by Gasteiger charge is 2.03. The molecule has 1 heterocycles. The fourth-order valence-corrected chi connectivity index (χ4v) is 1.14. The van der Waals surface area contributed by atoms with E-state index in [2.05, 4.69) is 14.7 Å². The fourth-order valence-electron chi connectivity index (χ4n) is 1.14. The van der Waals surface area contributed by atoms with Crippen LogP contribution in [0.2, 0.25) is 0 Å². The van der Waals surface area contributed by atoms with Gasteiger partial charge in [0.25, 0.3) is 0 Å². The standard InChI is InChI=1S/C9H9N3O2/c10-9-11-8(12-14-9)5-6-1-3-7(13)4-2-6/h1-4,13H,5H2,(H2,10,11,12). The Morgan fingerprint density at radius 3 is 2.57 bits per heavy atom. The topological polar surface area (TPSA) is 85.2 Å². The molecule has 0 bridgehead atoms. The number of benzene rings is 1. The van der Waals surface area contributed by atoms with Crippen molar-refractivity contribution in [2.45, 2.75) is 6.42 Å². The highest BCUT2D eigenvalue weighted by Crippen LogP contribution is 2.12. The number of hydrogen-bond acceptors (Lipinski definition) is 5. The molecule has 3 N–H and O–H groups in total. The Kier molecular flexibility index (Phi) is 2.06. The molecular formula is C9H9N3O2. The summed E-state index contributed by atoms with van der Waals surface area (Å²) in [5.41, 5.74) is 6.27. The van der Waals surface area contributed by atoms with Gasteiger partial charge >= 0.3 is 6.01 Å². The maximum Gasteiger partial charge on any atom is 0.318 e. The van der Waals surface area contributed by atoms with Crippen LogP contribution in [0.1, 0.15) is 11.4 Å². The molecule has 0 saturated heterocycles. The molecule has 0 aliphatic carbocycles. The van der Waals surface area contributed by atoms with Crippen molar-refractivity contribution in [3.05, 3.63) is 35.7 Å². The third kappa shape index (κ3) is 1.82. The number of anilines is 1. The van der Waals surface area contributed by atoms with Crippen molar-refractivity contribution in [3.8, 4) is 5.75 Å². The van der Waals surface area contributed by atoms with E-state index in [9.17, 15) is 0 Å². The van der Waals surface area contributed by atoms with Gasteiger partial charge in [-0.25, -0.2) is 0 Å². The van der Waals surface area contributed by atoms with E-state index in [-0.39, 0.29) is 11.8 Å². The third-order valence-electron chi connectivity index (χ3n) is 1.78. The highest BCUT2D eigenvalue weighted by atomic mass is 16.5. The maximum atomic E-state index is 9.06. The molecule has 0 aliphatic rings. The predicted molar refractivity (Wildman–Crippen MR) is 49.6 cm³/mol. The van der Waals surface area contributed by atoms with Gasteiger partial charge in [-0.15, -0.1) is 0 Å². The number of phenols is 1. The molecule has 14 heavy (non-hydrogen) atoms. The SMILES string of the molecule is Nc1nc(Cc2ccc(O)cc2)no1. The lowest BCUT2D eigenvalue weighted by atomic mass is 10.1. The van der Waals surface area contributed by atoms with Gasteiger partial charge in [-0.2, -0.15) is 4.98 Å². The Morgan fingerprint density at radius 1 is 1.29 bits per heavy atom. The average Bonchev–Trinajstić information content (AvgIpc) is 2.56. The van der Waals surface area contributed by atoms with Crippen LogP contribution in [0, 0.1) is 0 Å². The molecule has 0 radical (unpaired) electrons. The van der Waals surface area contributed by atoms with Crippen molar-refractivity contribution in [2.75, 3.05) is 5.73 Å². The number of aromatic nitrogens is 2. The molecule has 0 fully saturated rings. The number of nitrogen functional groups attached to an aromatic ring is 1. The molecule has 0 atom stereocenters. The Hall–Kier alpha value is -2.04. The van der Waals surface area contributed by atoms with Crippen LogP contribution in [0.25, 0.3) is 0 Å². The van der Waals surface area contributed by atoms with Crippen LogP contribution in [0.5, 0.6) is 5.75 Å². The fraction of sp³-hybridized carbons (Fsp3) is 0.111. The first kappa shape index (κ1) is 8.55. The zero-order valence-electron chi connectivity index (χ0n) is 7.34. The summed E-state index contributed by atoms with van der Waals surface area (Å²) in [5, 5.41) is 12.7. The summed E-state index contributed by atoms with van der Waals surface area (Å²) in [6.07, 6.45) is 0.543. The van der Waals surface area contributed by atoms with Crippen LogP contribution >= 0.6 is 0 Å². The second-order valence-electron chi connectivity index (χ2n) is 2.89. The number of rotatable bonds is 2. The van der Waals surface area contributed by atoms with E-state index in [1.165, 1.54) is 0 Å². The van der Waals surface area contributed by atoms with Crippen molar-refractivity contribution < 1.29 is 9.63 Å². The lowest BCUT2D eigenvalue weighted by molar-refractivity contribution is 0.428. The third-order valence-corrected chi connectivity index (χ3v) is 1.78. The molecule has 5 nitrogen and oxygen atoms in total. The van der Waals surface area contributed by atoms with Gasteiger partial charge in [0.05, 0.1) is 0 Å². The zero-order chi connectivity index (χ0) is 9.97. The van der Waals surface area contributed by atoms with Crippen LogP contribution in [-0.4, -0.2) is 15.2 Å². The number of aromatic hydroxyl groups is 1. The summed E-state index contributed by atoms with van der Waals surface area (Å²) in [5.74, 6) is 0.773. The van der Waals surface area contributed by atoms with Gasteiger partial charge in [0.1, 0.15) is 5.75 Å². The molecule has 0 unspecified atom stereocenters. The summed E-state index contributed by atoms with van der Waals surface area (Å²) in [6, 6.07) is 6.88. The monoisotopic (exact) mass is 191 g/mol. The highest BCUT2D eigenvalue weighted by molar-refractivity contribution is 5.27. The van der Waals surface area contributed by atoms with Crippen molar-refractivity contribution in [3.63, 3.8) is 0 Å². The minimum Gasteiger partial charge on any atom is -0.508 e. The summed E-state index contributed by atoms with van der Waals surface area (Å²) in [7, 11) is 0. The van der Waals surface area contributed by atoms with Gasteiger partial charge in [-0.1, -0.05) is 17.3 Å². The number of nitrogens with two attached hydrogens (primary N) is 1. The van der Waals surface area contributed by atoms with Crippen molar-refractivity contribution in [1.29, 1.82) is 0 Å². The number of hydrogen-bond donors (Lipinski definition) is 2. The van der Waals surface area contributed by atoms with Crippen molar-refractivity contribution >= 4 is 6.01 Å². The average molecular weight is 191 g/mol. The van der Waals surface area contributed by atoms with Crippen molar-refractivity contribution in [2.24, 2.45) is 0 Å². The van der Waals surface area contributed by atoms with Gasteiger partial charge in [-0.3, -0.25) is 0 Å². The van der Waals surface area contributed by atoms with Crippen LogP contribution in [0.4, 0.5) is 6.01 Å². The molecule has 0 aliphatic heterocycles. The molecule has 2 rings (SSSR count). The lowest BCUT2D eigenvalue weighted by Crippen LogP contribution is -1.91.